The molecule has 154 valence electrons. The molecule has 0 radical (unpaired) electrons. The Bertz CT molecular complexity index is 1200. The highest BCUT2D eigenvalue weighted by Crippen LogP contribution is 2.28. The zero-order valence-electron chi connectivity index (χ0n) is 15.4. The number of hydrogen-bond acceptors (Lipinski definition) is 8. The van der Waals surface area contributed by atoms with Gasteiger partial charge in [0.2, 0.25) is 11.8 Å². The third kappa shape index (κ3) is 4.49. The van der Waals surface area contributed by atoms with Gasteiger partial charge < -0.3 is 15.5 Å². The maximum absolute atomic E-state index is 13.3. The van der Waals surface area contributed by atoms with Gasteiger partial charge in [0, 0.05) is 13.0 Å². The number of benzene rings is 1. The van der Waals surface area contributed by atoms with Crippen molar-refractivity contribution in [1.82, 2.24) is 19.7 Å². The van der Waals surface area contributed by atoms with Gasteiger partial charge in [-0.15, -0.1) is 10.2 Å². The largest absolute Gasteiger partial charge is 0.461 e. The number of amides is 2. The zero-order chi connectivity index (χ0) is 21.1. The molecule has 0 bridgehead atoms. The number of furan rings is 1. The molecule has 3 aromatic heterocycles. The Labute approximate surface area is 177 Å². The fourth-order valence-electron chi connectivity index (χ4n) is 2.64. The molecule has 30 heavy (non-hydrogen) atoms. The number of nitrogens with zero attached hydrogens (tertiary/aromatic N) is 4. The first-order valence-electron chi connectivity index (χ1n) is 8.74. The van der Waals surface area contributed by atoms with E-state index in [0.29, 0.717) is 32.1 Å². The van der Waals surface area contributed by atoms with Gasteiger partial charge in [-0.1, -0.05) is 23.1 Å². The van der Waals surface area contributed by atoms with Crippen LogP contribution in [0.5, 0.6) is 0 Å². The number of carbonyl (C=O) groups is 2. The highest BCUT2D eigenvalue weighted by molar-refractivity contribution is 7.99. The number of halogens is 1. The van der Waals surface area contributed by atoms with Gasteiger partial charge in [0.25, 0.3) is 0 Å². The van der Waals surface area contributed by atoms with Crippen molar-refractivity contribution in [2.75, 3.05) is 11.1 Å². The van der Waals surface area contributed by atoms with E-state index in [1.807, 2.05) is 0 Å². The molecule has 12 heteroatoms. The van der Waals surface area contributed by atoms with Crippen molar-refractivity contribution in [1.29, 1.82) is 0 Å². The molecule has 4 rings (SSSR count). The van der Waals surface area contributed by atoms with Crippen LogP contribution in [-0.4, -0.2) is 37.3 Å². The summed E-state index contributed by atoms with van der Waals surface area (Å²) < 4.78 is 21.0. The van der Waals surface area contributed by atoms with E-state index in [2.05, 4.69) is 20.5 Å². The minimum absolute atomic E-state index is 0.0388. The molecule has 9 nitrogen and oxygen atoms in total. The lowest BCUT2D eigenvalue weighted by Crippen LogP contribution is -2.16. The molecular formula is C18H15FN6O3S2. The number of primary amides is 1. The normalized spacial score (nSPS) is 11.1. The van der Waals surface area contributed by atoms with Crippen molar-refractivity contribution in [2.24, 2.45) is 5.73 Å². The SMILES string of the molecule is NC(=O)CCn1c(SCC(=O)Nc2nc3ccc(F)cc3s2)nnc1-c1ccco1. The Balaban J connectivity index is 1.45. The molecule has 0 aliphatic rings. The highest BCUT2D eigenvalue weighted by atomic mass is 32.2. The van der Waals surface area contributed by atoms with Crippen LogP contribution in [0, 0.1) is 5.82 Å². The molecule has 0 unspecified atom stereocenters. The summed E-state index contributed by atoms with van der Waals surface area (Å²) in [5.74, 6) is -0.153. The Kier molecular flexibility index (Phi) is 5.77. The summed E-state index contributed by atoms with van der Waals surface area (Å²) in [7, 11) is 0. The van der Waals surface area contributed by atoms with Crippen LogP contribution in [0.2, 0.25) is 0 Å². The molecule has 1 aromatic carbocycles. The smallest absolute Gasteiger partial charge is 0.236 e. The van der Waals surface area contributed by atoms with Gasteiger partial charge in [-0.3, -0.25) is 14.2 Å². The number of aromatic nitrogens is 4. The van der Waals surface area contributed by atoms with Crippen LogP contribution in [0.1, 0.15) is 6.42 Å². The van der Waals surface area contributed by atoms with Crippen molar-refractivity contribution < 1.29 is 18.4 Å². The molecule has 0 fully saturated rings. The number of rotatable bonds is 8. The van der Waals surface area contributed by atoms with E-state index in [1.54, 1.807) is 22.8 Å². The molecule has 2 amide bonds. The van der Waals surface area contributed by atoms with Crippen LogP contribution in [0.4, 0.5) is 9.52 Å². The van der Waals surface area contributed by atoms with E-state index < -0.39 is 5.91 Å². The lowest BCUT2D eigenvalue weighted by Gasteiger charge is -2.07. The van der Waals surface area contributed by atoms with Crippen molar-refractivity contribution in [3.05, 3.63) is 42.4 Å². The summed E-state index contributed by atoms with van der Waals surface area (Å²) in [4.78, 5) is 27.8. The van der Waals surface area contributed by atoms with Gasteiger partial charge in [-0.25, -0.2) is 9.37 Å². The topological polar surface area (TPSA) is 129 Å². The van der Waals surface area contributed by atoms with Crippen molar-refractivity contribution in [3.8, 4) is 11.6 Å². The first-order valence-corrected chi connectivity index (χ1v) is 10.5. The van der Waals surface area contributed by atoms with E-state index in [0.717, 1.165) is 11.8 Å². The van der Waals surface area contributed by atoms with Gasteiger partial charge in [0.05, 0.1) is 22.2 Å². The van der Waals surface area contributed by atoms with Gasteiger partial charge in [-0.2, -0.15) is 0 Å². The molecule has 0 saturated carbocycles. The van der Waals surface area contributed by atoms with Crippen molar-refractivity contribution in [2.45, 2.75) is 18.1 Å². The number of hydrogen-bond donors (Lipinski definition) is 2. The van der Waals surface area contributed by atoms with Gasteiger partial charge in [0.1, 0.15) is 5.82 Å². The Morgan fingerprint density at radius 2 is 2.17 bits per heavy atom. The average molecular weight is 446 g/mol. The minimum Gasteiger partial charge on any atom is -0.461 e. The lowest BCUT2D eigenvalue weighted by atomic mass is 10.3. The second-order valence-electron chi connectivity index (χ2n) is 6.12. The molecule has 0 spiro atoms. The van der Waals surface area contributed by atoms with E-state index in [1.165, 1.54) is 29.7 Å². The first-order chi connectivity index (χ1) is 14.5. The summed E-state index contributed by atoms with van der Waals surface area (Å²) in [6, 6.07) is 7.69. The van der Waals surface area contributed by atoms with Crippen LogP contribution >= 0.6 is 23.1 Å². The second-order valence-corrected chi connectivity index (χ2v) is 8.09. The Morgan fingerprint density at radius 1 is 1.30 bits per heavy atom. The van der Waals surface area contributed by atoms with Crippen molar-refractivity contribution in [3.63, 3.8) is 0 Å². The molecule has 4 aromatic rings. The van der Waals surface area contributed by atoms with Crippen LogP contribution in [0.15, 0.2) is 46.2 Å². The number of nitrogens with two attached hydrogens (primary N) is 1. The van der Waals surface area contributed by atoms with Crippen LogP contribution in [-0.2, 0) is 16.1 Å². The number of fused-ring (bicyclic) bond motifs is 1. The number of carbonyl (C=O) groups excluding carboxylic acids is 2. The molecule has 0 aliphatic carbocycles. The first kappa shape index (κ1) is 20.0. The third-order valence-corrected chi connectivity index (χ3v) is 5.87. The maximum Gasteiger partial charge on any atom is 0.236 e. The lowest BCUT2D eigenvalue weighted by molar-refractivity contribution is -0.118. The maximum atomic E-state index is 13.3. The van der Waals surface area contributed by atoms with E-state index in [9.17, 15) is 14.0 Å². The van der Waals surface area contributed by atoms with Gasteiger partial charge in [0.15, 0.2) is 21.9 Å². The molecule has 0 atom stereocenters. The number of thiazole rings is 1. The fourth-order valence-corrected chi connectivity index (χ4v) is 4.32. The van der Waals surface area contributed by atoms with E-state index >= 15 is 0 Å². The average Bonchev–Trinajstić information content (AvgIpc) is 3.43. The number of nitrogens with one attached hydrogen (secondary N) is 1. The van der Waals surface area contributed by atoms with Gasteiger partial charge >= 0.3 is 0 Å². The Morgan fingerprint density at radius 3 is 2.93 bits per heavy atom. The summed E-state index contributed by atoms with van der Waals surface area (Å²) in [6.07, 6.45) is 1.60. The van der Waals surface area contributed by atoms with Crippen LogP contribution in [0.3, 0.4) is 0 Å². The highest BCUT2D eigenvalue weighted by Gasteiger charge is 2.18. The number of anilines is 1. The standard InChI is InChI=1S/C18H15FN6O3S2/c19-10-3-4-11-13(8-10)30-17(21-11)22-15(27)9-29-18-24-23-16(12-2-1-7-28-12)25(18)6-5-14(20)26/h1-4,7-8H,5-6,9H2,(H2,20,26)(H,21,22,27). The molecule has 3 heterocycles. The van der Waals surface area contributed by atoms with E-state index in [4.69, 9.17) is 10.2 Å². The van der Waals surface area contributed by atoms with Crippen LogP contribution in [0.25, 0.3) is 21.8 Å². The quantitative estimate of drug-likeness (QED) is 0.398. The van der Waals surface area contributed by atoms with Gasteiger partial charge in [-0.05, 0) is 30.3 Å². The second kappa shape index (κ2) is 8.63. The number of thioether (sulfide) groups is 1. The molecule has 0 aliphatic heterocycles. The van der Waals surface area contributed by atoms with Crippen molar-refractivity contribution >= 4 is 50.3 Å². The summed E-state index contributed by atoms with van der Waals surface area (Å²) >= 11 is 2.34. The summed E-state index contributed by atoms with van der Waals surface area (Å²) in [5, 5.41) is 11.7. The predicted molar refractivity (Wildman–Crippen MR) is 110 cm³/mol. The summed E-state index contributed by atoms with van der Waals surface area (Å²) in [6.45, 7) is 0.256. The third-order valence-electron chi connectivity index (χ3n) is 3.97. The fraction of sp³-hybridized carbons (Fsp3) is 0.167. The molecular weight excluding hydrogens is 431 g/mol. The zero-order valence-corrected chi connectivity index (χ0v) is 17.0. The van der Waals surface area contributed by atoms with Crippen LogP contribution < -0.4 is 11.1 Å². The molecule has 0 saturated heterocycles. The Hall–Kier alpha value is -3.25. The predicted octanol–water partition coefficient (Wildman–Crippen LogP) is 2.89. The molecule has 3 N–H and O–H groups in total. The van der Waals surface area contributed by atoms with E-state index in [-0.39, 0.29) is 30.4 Å². The minimum atomic E-state index is -0.463. The summed E-state index contributed by atoms with van der Waals surface area (Å²) in [5.41, 5.74) is 5.87. The monoisotopic (exact) mass is 446 g/mol.